The second-order valence-corrected chi connectivity index (χ2v) is 5.63. The van der Waals surface area contributed by atoms with Gasteiger partial charge in [-0.25, -0.2) is 12.8 Å². The van der Waals surface area contributed by atoms with Crippen LogP contribution in [-0.2, 0) is 10.0 Å². The first-order valence-corrected chi connectivity index (χ1v) is 6.80. The lowest BCUT2D eigenvalue weighted by molar-refractivity contribution is 0.471. The third-order valence-electron chi connectivity index (χ3n) is 2.45. The molecular weight excluding hydrogens is 271 g/mol. The van der Waals surface area contributed by atoms with E-state index in [1.807, 2.05) is 0 Å². The Balaban J connectivity index is 2.33. The molecule has 2 N–H and O–H groups in total. The van der Waals surface area contributed by atoms with Crippen LogP contribution in [0.15, 0.2) is 41.6 Å². The van der Waals surface area contributed by atoms with Crippen molar-refractivity contribution in [3.8, 4) is 5.75 Å². The number of hydrogen-bond acceptors (Lipinski definition) is 4. The quantitative estimate of drug-likeness (QED) is 0.902. The number of pyridine rings is 1. The van der Waals surface area contributed by atoms with Gasteiger partial charge in [0.25, 0.3) is 10.0 Å². The van der Waals surface area contributed by atoms with Gasteiger partial charge >= 0.3 is 0 Å². The van der Waals surface area contributed by atoms with Gasteiger partial charge in [-0.3, -0.25) is 9.71 Å². The zero-order valence-corrected chi connectivity index (χ0v) is 10.8. The molecule has 0 aliphatic rings. The van der Waals surface area contributed by atoms with E-state index in [9.17, 15) is 17.9 Å². The Morgan fingerprint density at radius 3 is 2.63 bits per heavy atom. The van der Waals surface area contributed by atoms with E-state index in [4.69, 9.17) is 0 Å². The lowest BCUT2D eigenvalue weighted by Gasteiger charge is -2.09. The van der Waals surface area contributed by atoms with Crippen molar-refractivity contribution >= 4 is 15.7 Å². The molecule has 0 bridgehead atoms. The Hall–Kier alpha value is -2.15. The van der Waals surface area contributed by atoms with E-state index in [1.54, 1.807) is 13.0 Å². The fourth-order valence-electron chi connectivity index (χ4n) is 1.43. The molecule has 2 aromatic rings. The minimum absolute atomic E-state index is 0.0300. The molecule has 5 nitrogen and oxygen atoms in total. The van der Waals surface area contributed by atoms with Crippen LogP contribution in [0.1, 0.15) is 5.56 Å². The highest BCUT2D eigenvalue weighted by Gasteiger charge is 2.15. The Morgan fingerprint density at radius 1 is 1.26 bits per heavy atom. The number of phenols is 1. The zero-order chi connectivity index (χ0) is 14.0. The number of halogens is 1. The van der Waals surface area contributed by atoms with Crippen LogP contribution in [0.2, 0.25) is 0 Å². The van der Waals surface area contributed by atoms with E-state index in [0.29, 0.717) is 5.56 Å². The van der Waals surface area contributed by atoms with Crippen LogP contribution in [0.25, 0.3) is 0 Å². The van der Waals surface area contributed by atoms with Gasteiger partial charge in [0.2, 0.25) is 0 Å². The minimum atomic E-state index is -3.93. The van der Waals surface area contributed by atoms with Crippen LogP contribution in [0.4, 0.5) is 10.1 Å². The fourth-order valence-corrected chi connectivity index (χ4v) is 2.45. The number of aromatic nitrogens is 1. The number of aromatic hydroxyl groups is 1. The molecule has 1 heterocycles. The van der Waals surface area contributed by atoms with Crippen LogP contribution in [0.3, 0.4) is 0 Å². The summed E-state index contributed by atoms with van der Waals surface area (Å²) in [6.45, 7) is 1.68. The van der Waals surface area contributed by atoms with Gasteiger partial charge < -0.3 is 5.11 Å². The molecule has 0 saturated carbocycles. The highest BCUT2D eigenvalue weighted by molar-refractivity contribution is 7.92. The maximum atomic E-state index is 13.0. The van der Waals surface area contributed by atoms with Gasteiger partial charge in [-0.1, -0.05) is 6.07 Å². The molecule has 0 amide bonds. The summed E-state index contributed by atoms with van der Waals surface area (Å²) in [6, 6.07) is 5.21. The van der Waals surface area contributed by atoms with Crippen molar-refractivity contribution in [2.45, 2.75) is 11.8 Å². The van der Waals surface area contributed by atoms with Crippen molar-refractivity contribution in [3.05, 3.63) is 48.0 Å². The molecule has 1 aromatic heterocycles. The SMILES string of the molecule is Cc1ccc(NS(=O)(=O)c2cncc(F)c2)cc1O. The third kappa shape index (κ3) is 3.00. The van der Waals surface area contributed by atoms with Crippen LogP contribution < -0.4 is 4.72 Å². The molecule has 0 aliphatic heterocycles. The number of nitrogens with zero attached hydrogens (tertiary/aromatic N) is 1. The number of anilines is 1. The van der Waals surface area contributed by atoms with Crippen LogP contribution in [0.5, 0.6) is 5.75 Å². The van der Waals surface area contributed by atoms with Crippen LogP contribution in [0, 0.1) is 12.7 Å². The number of hydrogen-bond donors (Lipinski definition) is 2. The number of sulfonamides is 1. The second kappa shape index (κ2) is 4.85. The summed E-state index contributed by atoms with van der Waals surface area (Å²) in [5, 5.41) is 9.50. The topological polar surface area (TPSA) is 79.3 Å². The largest absolute Gasteiger partial charge is 0.508 e. The normalized spacial score (nSPS) is 11.3. The lowest BCUT2D eigenvalue weighted by Crippen LogP contribution is -2.13. The number of rotatable bonds is 3. The molecule has 0 radical (unpaired) electrons. The van der Waals surface area contributed by atoms with Crippen molar-refractivity contribution in [2.75, 3.05) is 4.72 Å². The molecular formula is C12H11FN2O3S. The van der Waals surface area contributed by atoms with Gasteiger partial charge in [0, 0.05) is 12.3 Å². The average molecular weight is 282 g/mol. The highest BCUT2D eigenvalue weighted by atomic mass is 32.2. The summed E-state index contributed by atoms with van der Waals surface area (Å²) < 4.78 is 39.1. The number of aryl methyl sites for hydroxylation is 1. The predicted molar refractivity (Wildman–Crippen MR) is 67.8 cm³/mol. The van der Waals surface area contributed by atoms with Crippen LogP contribution in [-0.4, -0.2) is 18.5 Å². The van der Waals surface area contributed by atoms with E-state index in [2.05, 4.69) is 9.71 Å². The van der Waals surface area contributed by atoms with Crippen molar-refractivity contribution < 1.29 is 17.9 Å². The van der Waals surface area contributed by atoms with Gasteiger partial charge in [0.15, 0.2) is 0 Å². The highest BCUT2D eigenvalue weighted by Crippen LogP contribution is 2.23. The molecule has 0 fully saturated rings. The van der Waals surface area contributed by atoms with Gasteiger partial charge in [-0.05, 0) is 24.6 Å². The standard InChI is InChI=1S/C12H11FN2O3S/c1-8-2-3-10(5-12(8)16)15-19(17,18)11-4-9(13)6-14-7-11/h2-7,15-16H,1H3. The van der Waals surface area contributed by atoms with Crippen molar-refractivity contribution in [2.24, 2.45) is 0 Å². The van der Waals surface area contributed by atoms with E-state index in [-0.39, 0.29) is 16.3 Å². The fraction of sp³-hybridized carbons (Fsp3) is 0.0833. The average Bonchev–Trinajstić information content (AvgIpc) is 2.33. The smallest absolute Gasteiger partial charge is 0.263 e. The maximum Gasteiger partial charge on any atom is 0.263 e. The van der Waals surface area contributed by atoms with E-state index in [1.165, 1.54) is 12.1 Å². The number of phenolic OH excluding ortho intramolecular Hbond substituents is 1. The second-order valence-electron chi connectivity index (χ2n) is 3.95. The summed E-state index contributed by atoms with van der Waals surface area (Å²) >= 11 is 0. The van der Waals surface area contributed by atoms with Crippen LogP contribution >= 0.6 is 0 Å². The van der Waals surface area contributed by atoms with Gasteiger partial charge in [-0.2, -0.15) is 0 Å². The van der Waals surface area contributed by atoms with Crippen molar-refractivity contribution in [1.29, 1.82) is 0 Å². The monoisotopic (exact) mass is 282 g/mol. The first-order valence-electron chi connectivity index (χ1n) is 5.31. The molecule has 100 valence electrons. The lowest BCUT2D eigenvalue weighted by atomic mass is 10.2. The molecule has 0 atom stereocenters. The molecule has 7 heteroatoms. The molecule has 19 heavy (non-hydrogen) atoms. The van der Waals surface area contributed by atoms with Crippen molar-refractivity contribution in [3.63, 3.8) is 0 Å². The van der Waals surface area contributed by atoms with Gasteiger partial charge in [-0.15, -0.1) is 0 Å². The first-order chi connectivity index (χ1) is 8.88. The van der Waals surface area contributed by atoms with Gasteiger partial charge in [0.1, 0.15) is 16.5 Å². The predicted octanol–water partition coefficient (Wildman–Crippen LogP) is 2.04. The molecule has 1 aromatic carbocycles. The molecule has 0 aliphatic carbocycles. The Bertz CT molecular complexity index is 717. The summed E-state index contributed by atoms with van der Waals surface area (Å²) in [4.78, 5) is 3.20. The summed E-state index contributed by atoms with van der Waals surface area (Å²) in [5.41, 5.74) is 0.808. The third-order valence-corrected chi connectivity index (χ3v) is 3.80. The van der Waals surface area contributed by atoms with Crippen molar-refractivity contribution in [1.82, 2.24) is 4.98 Å². The Kier molecular flexibility index (Phi) is 3.39. The summed E-state index contributed by atoms with van der Waals surface area (Å²) in [6.07, 6.45) is 1.95. The molecule has 0 spiro atoms. The van der Waals surface area contributed by atoms with E-state index in [0.717, 1.165) is 18.5 Å². The van der Waals surface area contributed by atoms with Gasteiger partial charge in [0.05, 0.1) is 11.9 Å². The number of nitrogens with one attached hydrogen (secondary N) is 1. The maximum absolute atomic E-state index is 13.0. The minimum Gasteiger partial charge on any atom is -0.508 e. The van der Waals surface area contributed by atoms with E-state index < -0.39 is 15.8 Å². The molecule has 0 unspecified atom stereocenters. The Labute approximate surface area is 109 Å². The summed E-state index contributed by atoms with van der Waals surface area (Å²) in [7, 11) is -3.93. The summed E-state index contributed by atoms with van der Waals surface area (Å²) in [5.74, 6) is -0.771. The zero-order valence-electron chi connectivity index (χ0n) is 9.96. The molecule has 0 saturated heterocycles. The Morgan fingerprint density at radius 2 is 2.00 bits per heavy atom. The molecule has 2 rings (SSSR count). The first kappa shape index (κ1) is 13.3. The van der Waals surface area contributed by atoms with E-state index >= 15 is 0 Å². The number of benzene rings is 1.